The molecule has 0 radical (unpaired) electrons. The van der Waals surface area contributed by atoms with Gasteiger partial charge in [0.2, 0.25) is 0 Å². The maximum Gasteiger partial charge on any atom is 0.416 e. The third-order valence-electron chi connectivity index (χ3n) is 7.29. The van der Waals surface area contributed by atoms with Crippen LogP contribution >= 0.6 is 11.3 Å². The molecule has 200 valence electrons. The van der Waals surface area contributed by atoms with Crippen LogP contribution in [0.15, 0.2) is 40.1 Å². The van der Waals surface area contributed by atoms with E-state index in [4.69, 9.17) is 0 Å². The first-order valence-corrected chi connectivity index (χ1v) is 13.6. The zero-order valence-electron chi connectivity index (χ0n) is 21.6. The summed E-state index contributed by atoms with van der Waals surface area (Å²) >= 11 is 1.44. The van der Waals surface area contributed by atoms with Crippen LogP contribution in [-0.4, -0.2) is 39.1 Å². The number of alkyl halides is 3. The second-order valence-corrected chi connectivity index (χ2v) is 10.9. The highest BCUT2D eigenvalue weighted by atomic mass is 32.1. The Labute approximate surface area is 218 Å². The second-order valence-electron chi connectivity index (χ2n) is 9.72. The van der Waals surface area contributed by atoms with Gasteiger partial charge in [-0.05, 0) is 63.3 Å². The Bertz CT molecular complexity index is 1360. The van der Waals surface area contributed by atoms with Crippen molar-refractivity contribution in [2.45, 2.75) is 65.1 Å². The lowest BCUT2D eigenvalue weighted by atomic mass is 9.94. The van der Waals surface area contributed by atoms with Crippen LogP contribution in [-0.2, 0) is 18.1 Å². The highest BCUT2D eigenvalue weighted by molar-refractivity contribution is 7.15. The minimum Gasteiger partial charge on any atom is -0.302 e. The molecule has 1 aliphatic carbocycles. The lowest BCUT2D eigenvalue weighted by Gasteiger charge is -2.21. The Morgan fingerprint density at radius 2 is 1.78 bits per heavy atom. The van der Waals surface area contributed by atoms with E-state index in [1.807, 2.05) is 27.7 Å². The minimum absolute atomic E-state index is 0.0143. The highest BCUT2D eigenvalue weighted by Gasteiger charge is 2.60. The van der Waals surface area contributed by atoms with Gasteiger partial charge in [-0.2, -0.15) is 13.2 Å². The van der Waals surface area contributed by atoms with Crippen LogP contribution in [0.3, 0.4) is 0 Å². The van der Waals surface area contributed by atoms with Gasteiger partial charge in [0.15, 0.2) is 0 Å². The molecule has 2 fully saturated rings. The molecule has 1 saturated heterocycles. The van der Waals surface area contributed by atoms with Gasteiger partial charge in [0, 0.05) is 31.2 Å². The van der Waals surface area contributed by atoms with E-state index in [9.17, 15) is 22.8 Å². The Morgan fingerprint density at radius 3 is 2.41 bits per heavy atom. The number of nitrogens with one attached hydrogen (secondary N) is 1. The Kier molecular flexibility index (Phi) is 7.80. The largest absolute Gasteiger partial charge is 0.416 e. The molecule has 3 heterocycles. The molecular weight excluding hydrogens is 501 g/mol. The lowest BCUT2D eigenvalue weighted by Crippen LogP contribution is -2.31. The number of aryl methyl sites for hydroxylation is 3. The van der Waals surface area contributed by atoms with Crippen molar-refractivity contribution >= 4 is 11.3 Å². The fourth-order valence-electron chi connectivity index (χ4n) is 5.43. The van der Waals surface area contributed by atoms with Gasteiger partial charge < -0.3 is 4.90 Å². The number of likely N-dealkylation sites (tertiary alicyclic amines) is 1. The van der Waals surface area contributed by atoms with Crippen LogP contribution in [0.1, 0.15) is 54.9 Å². The second kappa shape index (κ2) is 10.6. The maximum absolute atomic E-state index is 12.9. The fourth-order valence-corrected chi connectivity index (χ4v) is 6.36. The first kappa shape index (κ1) is 27.3. The standard InChI is InChI=1S/C25H27F3N4O2S.C2H6/c1-15-21(35-16(2)29-15)20-13-32(23(34)30-22(20)33)10-4-3-9-31-12-19-11-24(19,14-31)17-5-7-18(8-6-17)25(26,27)28;1-2/h5-8,13,19H,3-4,9-12,14H2,1-2H3,(H,30,33,34);1-2H3/t19?,24-;/m1./s1. The van der Waals surface area contributed by atoms with Gasteiger partial charge >= 0.3 is 11.9 Å². The molecule has 1 aliphatic heterocycles. The number of H-pyrrole nitrogens is 1. The molecule has 37 heavy (non-hydrogen) atoms. The molecule has 10 heteroatoms. The number of aromatic nitrogens is 3. The van der Waals surface area contributed by atoms with Gasteiger partial charge in [0.25, 0.3) is 5.56 Å². The molecule has 2 aromatic heterocycles. The summed E-state index contributed by atoms with van der Waals surface area (Å²) in [6.45, 7) is 10.9. The topological polar surface area (TPSA) is 71.0 Å². The van der Waals surface area contributed by atoms with Crippen molar-refractivity contribution < 1.29 is 13.2 Å². The molecule has 1 saturated carbocycles. The normalized spacial score (nSPS) is 20.9. The van der Waals surface area contributed by atoms with Crippen LogP contribution in [0.2, 0.25) is 0 Å². The van der Waals surface area contributed by atoms with Gasteiger partial charge in [0.05, 0.1) is 26.7 Å². The zero-order valence-corrected chi connectivity index (χ0v) is 22.4. The smallest absolute Gasteiger partial charge is 0.302 e. The molecule has 2 aliphatic rings. The number of rotatable bonds is 7. The van der Waals surface area contributed by atoms with Gasteiger partial charge in [-0.25, -0.2) is 9.78 Å². The van der Waals surface area contributed by atoms with Crippen molar-refractivity contribution in [3.05, 3.63) is 73.1 Å². The average Bonchev–Trinajstić information content (AvgIpc) is 3.25. The molecule has 1 aromatic carbocycles. The number of unbranched alkanes of at least 4 members (excludes halogenated alkanes) is 1. The summed E-state index contributed by atoms with van der Waals surface area (Å²) in [5.74, 6) is 0.495. The summed E-state index contributed by atoms with van der Waals surface area (Å²) < 4.78 is 40.2. The third kappa shape index (κ3) is 5.60. The van der Waals surface area contributed by atoms with Gasteiger partial charge in [-0.15, -0.1) is 11.3 Å². The summed E-state index contributed by atoms with van der Waals surface area (Å²) in [6, 6.07) is 5.65. The van der Waals surface area contributed by atoms with Crippen LogP contribution in [0.5, 0.6) is 0 Å². The van der Waals surface area contributed by atoms with E-state index in [-0.39, 0.29) is 5.41 Å². The van der Waals surface area contributed by atoms with Crippen LogP contribution in [0.25, 0.3) is 10.4 Å². The summed E-state index contributed by atoms with van der Waals surface area (Å²) in [7, 11) is 0. The highest BCUT2D eigenvalue weighted by Crippen LogP contribution is 2.59. The quantitative estimate of drug-likeness (QED) is 0.414. The van der Waals surface area contributed by atoms with Crippen molar-refractivity contribution in [1.82, 2.24) is 19.4 Å². The molecule has 1 N–H and O–H groups in total. The number of hydrogen-bond donors (Lipinski definition) is 1. The summed E-state index contributed by atoms with van der Waals surface area (Å²) in [5, 5.41) is 0.868. The number of halogens is 3. The monoisotopic (exact) mass is 534 g/mol. The van der Waals surface area contributed by atoms with Gasteiger partial charge in [-0.1, -0.05) is 26.0 Å². The summed E-state index contributed by atoms with van der Waals surface area (Å²) in [6.07, 6.45) is 0.0103. The molecule has 2 atom stereocenters. The SMILES string of the molecule is CC.Cc1nc(C)c(-c2cn(CCCCN3CC4C[C@]4(c4ccc(C(F)(F)F)cc4)C3)c(=O)[nH]c2=O)s1. The van der Waals surface area contributed by atoms with Crippen molar-refractivity contribution in [2.75, 3.05) is 19.6 Å². The van der Waals surface area contributed by atoms with E-state index in [1.165, 1.54) is 23.5 Å². The van der Waals surface area contributed by atoms with Crippen molar-refractivity contribution in [2.24, 2.45) is 5.92 Å². The van der Waals surface area contributed by atoms with E-state index in [0.29, 0.717) is 18.0 Å². The molecule has 6 nitrogen and oxygen atoms in total. The molecule has 0 spiro atoms. The van der Waals surface area contributed by atoms with Crippen LogP contribution in [0.4, 0.5) is 13.2 Å². The molecular formula is C27H33F3N4O2S. The molecule has 0 amide bonds. The van der Waals surface area contributed by atoms with Crippen molar-refractivity contribution in [1.29, 1.82) is 0 Å². The summed E-state index contributed by atoms with van der Waals surface area (Å²) in [4.78, 5) is 34.6. The third-order valence-corrected chi connectivity index (χ3v) is 8.39. The van der Waals surface area contributed by atoms with E-state index in [2.05, 4.69) is 14.9 Å². The van der Waals surface area contributed by atoms with E-state index in [0.717, 1.165) is 60.0 Å². The number of benzene rings is 1. The van der Waals surface area contributed by atoms with Crippen molar-refractivity contribution in [3.63, 3.8) is 0 Å². The van der Waals surface area contributed by atoms with E-state index in [1.54, 1.807) is 22.9 Å². The number of thiazole rings is 1. The van der Waals surface area contributed by atoms with Crippen LogP contribution < -0.4 is 11.2 Å². The average molecular weight is 535 g/mol. The Hall–Kier alpha value is -2.72. The number of hydrogen-bond acceptors (Lipinski definition) is 5. The molecule has 0 bridgehead atoms. The lowest BCUT2D eigenvalue weighted by molar-refractivity contribution is -0.137. The van der Waals surface area contributed by atoms with E-state index >= 15 is 0 Å². The first-order valence-electron chi connectivity index (χ1n) is 12.7. The van der Waals surface area contributed by atoms with Crippen molar-refractivity contribution in [3.8, 4) is 10.4 Å². The van der Waals surface area contributed by atoms with Gasteiger partial charge in [-0.3, -0.25) is 14.3 Å². The number of nitrogens with zero attached hydrogens (tertiary/aromatic N) is 3. The zero-order chi connectivity index (χ0) is 27.0. The number of fused-ring (bicyclic) bond motifs is 1. The predicted molar refractivity (Wildman–Crippen MR) is 140 cm³/mol. The van der Waals surface area contributed by atoms with E-state index < -0.39 is 23.0 Å². The number of aromatic amines is 1. The Morgan fingerprint density at radius 1 is 1.11 bits per heavy atom. The fraction of sp³-hybridized carbons (Fsp3) is 0.519. The maximum atomic E-state index is 12.9. The van der Waals surface area contributed by atoms with Crippen LogP contribution in [0, 0.1) is 19.8 Å². The predicted octanol–water partition coefficient (Wildman–Crippen LogP) is 5.38. The Balaban J connectivity index is 0.00000156. The number of piperidine rings is 1. The molecule has 1 unspecified atom stereocenters. The molecule has 3 aromatic rings. The minimum atomic E-state index is -4.31. The van der Waals surface area contributed by atoms with Gasteiger partial charge in [0.1, 0.15) is 0 Å². The summed E-state index contributed by atoms with van der Waals surface area (Å²) in [5.41, 5.74) is 0.803. The first-order chi connectivity index (χ1) is 17.6. The molecule has 5 rings (SSSR count).